The molecule has 1 N–H and O–H groups in total. The van der Waals surface area contributed by atoms with Gasteiger partial charge in [-0.05, 0) is 42.2 Å². The zero-order chi connectivity index (χ0) is 13.8. The largest absolute Gasteiger partial charge is 0.493 e. The fourth-order valence-corrected chi connectivity index (χ4v) is 2.77. The Morgan fingerprint density at radius 3 is 2.95 bits per heavy atom. The van der Waals surface area contributed by atoms with Crippen LogP contribution in [0.15, 0.2) is 48.5 Å². The van der Waals surface area contributed by atoms with Crippen molar-refractivity contribution in [3.05, 3.63) is 59.7 Å². The molecular weight excluding hydrogens is 246 g/mol. The highest BCUT2D eigenvalue weighted by Crippen LogP contribution is 2.33. The molecule has 2 aromatic carbocycles. The van der Waals surface area contributed by atoms with Crippen LogP contribution in [0.25, 0.3) is 0 Å². The molecular formula is C18H21NO. The van der Waals surface area contributed by atoms with E-state index in [4.69, 9.17) is 4.74 Å². The summed E-state index contributed by atoms with van der Waals surface area (Å²) in [7, 11) is 0. The van der Waals surface area contributed by atoms with Crippen molar-refractivity contribution >= 4 is 5.69 Å². The van der Waals surface area contributed by atoms with Gasteiger partial charge in [0.15, 0.2) is 0 Å². The molecule has 1 aliphatic heterocycles. The van der Waals surface area contributed by atoms with Gasteiger partial charge < -0.3 is 10.1 Å². The number of hydrogen-bond acceptors (Lipinski definition) is 2. The zero-order valence-corrected chi connectivity index (χ0v) is 11.9. The second kappa shape index (κ2) is 6.00. The summed E-state index contributed by atoms with van der Waals surface area (Å²) in [6, 6.07) is 17.1. The number of hydrogen-bond donors (Lipinski definition) is 1. The number of ether oxygens (including phenoxy) is 1. The molecule has 104 valence electrons. The summed E-state index contributed by atoms with van der Waals surface area (Å²) in [5, 5.41) is 3.57. The van der Waals surface area contributed by atoms with Gasteiger partial charge in [-0.15, -0.1) is 0 Å². The van der Waals surface area contributed by atoms with Gasteiger partial charge in [0.2, 0.25) is 0 Å². The first kappa shape index (κ1) is 13.0. The fraction of sp³-hybridized carbons (Fsp3) is 0.333. The van der Waals surface area contributed by atoms with Crippen LogP contribution in [0.3, 0.4) is 0 Å². The Hall–Kier alpha value is -1.96. The lowest BCUT2D eigenvalue weighted by atomic mass is 9.93. The topological polar surface area (TPSA) is 21.3 Å². The highest BCUT2D eigenvalue weighted by atomic mass is 16.5. The van der Waals surface area contributed by atoms with Gasteiger partial charge in [-0.2, -0.15) is 0 Å². The zero-order valence-electron chi connectivity index (χ0n) is 11.9. The lowest BCUT2D eigenvalue weighted by Crippen LogP contribution is -2.20. The minimum atomic E-state index is 0.533. The molecule has 0 saturated heterocycles. The van der Waals surface area contributed by atoms with E-state index in [0.717, 1.165) is 31.7 Å². The second-order valence-corrected chi connectivity index (χ2v) is 5.31. The van der Waals surface area contributed by atoms with E-state index in [1.165, 1.54) is 16.8 Å². The van der Waals surface area contributed by atoms with Crippen LogP contribution in [0.2, 0.25) is 0 Å². The maximum absolute atomic E-state index is 5.71. The molecule has 0 aliphatic carbocycles. The van der Waals surface area contributed by atoms with Crippen LogP contribution in [0, 0.1) is 0 Å². The Bertz CT molecular complexity index is 579. The number of benzene rings is 2. The summed E-state index contributed by atoms with van der Waals surface area (Å²) in [6.07, 6.45) is 2.16. The molecule has 20 heavy (non-hydrogen) atoms. The van der Waals surface area contributed by atoms with Crippen molar-refractivity contribution in [3.63, 3.8) is 0 Å². The van der Waals surface area contributed by atoms with Crippen LogP contribution in [0.1, 0.15) is 30.4 Å². The van der Waals surface area contributed by atoms with Crippen LogP contribution >= 0.6 is 0 Å². The molecule has 2 heteroatoms. The number of nitrogens with one attached hydrogen (secondary N) is 1. The number of aryl methyl sites for hydroxylation is 1. The molecule has 1 aliphatic rings. The van der Waals surface area contributed by atoms with Gasteiger partial charge in [0.25, 0.3) is 0 Å². The van der Waals surface area contributed by atoms with Gasteiger partial charge in [0.05, 0.1) is 6.61 Å². The first-order valence-electron chi connectivity index (χ1n) is 7.41. The maximum atomic E-state index is 5.71. The van der Waals surface area contributed by atoms with E-state index in [0.29, 0.717) is 5.92 Å². The van der Waals surface area contributed by atoms with E-state index in [9.17, 15) is 0 Å². The number of anilines is 1. The van der Waals surface area contributed by atoms with E-state index in [-0.39, 0.29) is 0 Å². The Labute approximate surface area is 120 Å². The van der Waals surface area contributed by atoms with E-state index >= 15 is 0 Å². The predicted octanol–water partition coefficient (Wildman–Crippen LogP) is 4.23. The highest BCUT2D eigenvalue weighted by molar-refractivity contribution is 5.47. The van der Waals surface area contributed by atoms with E-state index < -0.39 is 0 Å². The van der Waals surface area contributed by atoms with Crippen molar-refractivity contribution in [2.24, 2.45) is 0 Å². The lowest BCUT2D eigenvalue weighted by Gasteiger charge is -2.26. The third-order valence-corrected chi connectivity index (χ3v) is 3.97. The first-order valence-corrected chi connectivity index (χ1v) is 7.41. The van der Waals surface area contributed by atoms with Crippen molar-refractivity contribution in [1.29, 1.82) is 0 Å². The summed E-state index contributed by atoms with van der Waals surface area (Å²) in [5.74, 6) is 1.58. The molecule has 0 bridgehead atoms. The van der Waals surface area contributed by atoms with Crippen molar-refractivity contribution in [2.45, 2.75) is 25.7 Å². The first-order chi connectivity index (χ1) is 9.86. The third kappa shape index (κ3) is 2.79. The number of para-hydroxylation sites is 1. The SMILES string of the molecule is CCc1cccc(NCC2CCOc3ccccc32)c1. The van der Waals surface area contributed by atoms with Gasteiger partial charge in [0, 0.05) is 18.2 Å². The normalized spacial score (nSPS) is 17.1. The van der Waals surface area contributed by atoms with Gasteiger partial charge in [-0.3, -0.25) is 0 Å². The van der Waals surface area contributed by atoms with Crippen LogP contribution in [-0.2, 0) is 6.42 Å². The molecule has 1 heterocycles. The highest BCUT2D eigenvalue weighted by Gasteiger charge is 2.20. The van der Waals surface area contributed by atoms with Crippen molar-refractivity contribution < 1.29 is 4.74 Å². The fourth-order valence-electron chi connectivity index (χ4n) is 2.77. The predicted molar refractivity (Wildman–Crippen MR) is 83.6 cm³/mol. The monoisotopic (exact) mass is 267 g/mol. The molecule has 2 nitrogen and oxygen atoms in total. The van der Waals surface area contributed by atoms with Gasteiger partial charge >= 0.3 is 0 Å². The Morgan fingerprint density at radius 1 is 1.15 bits per heavy atom. The van der Waals surface area contributed by atoms with Crippen molar-refractivity contribution in [2.75, 3.05) is 18.5 Å². The van der Waals surface area contributed by atoms with Gasteiger partial charge in [0.1, 0.15) is 5.75 Å². The molecule has 1 atom stereocenters. The molecule has 3 rings (SSSR count). The van der Waals surface area contributed by atoms with Gasteiger partial charge in [-0.1, -0.05) is 37.3 Å². The molecule has 0 amide bonds. The quantitative estimate of drug-likeness (QED) is 0.895. The van der Waals surface area contributed by atoms with E-state index in [1.807, 2.05) is 6.07 Å². The molecule has 2 aromatic rings. The Morgan fingerprint density at radius 2 is 2.05 bits per heavy atom. The Kier molecular flexibility index (Phi) is 3.91. The van der Waals surface area contributed by atoms with Crippen molar-refractivity contribution in [1.82, 2.24) is 0 Å². The van der Waals surface area contributed by atoms with Crippen LogP contribution in [-0.4, -0.2) is 13.2 Å². The van der Waals surface area contributed by atoms with Crippen LogP contribution in [0.5, 0.6) is 5.75 Å². The Balaban J connectivity index is 1.70. The second-order valence-electron chi connectivity index (χ2n) is 5.31. The molecule has 0 radical (unpaired) electrons. The molecule has 1 unspecified atom stereocenters. The minimum Gasteiger partial charge on any atom is -0.493 e. The number of fused-ring (bicyclic) bond motifs is 1. The molecule has 0 fully saturated rings. The standard InChI is InChI=1S/C18H21NO/c1-2-14-6-5-7-16(12-14)19-13-15-10-11-20-18-9-4-3-8-17(15)18/h3-9,12,15,19H,2,10-11,13H2,1H3. The summed E-state index contributed by atoms with van der Waals surface area (Å²) in [6.45, 7) is 3.97. The summed E-state index contributed by atoms with van der Waals surface area (Å²) >= 11 is 0. The van der Waals surface area contributed by atoms with Crippen LogP contribution < -0.4 is 10.1 Å². The minimum absolute atomic E-state index is 0.533. The average Bonchev–Trinajstić information content (AvgIpc) is 2.53. The van der Waals surface area contributed by atoms with Crippen LogP contribution in [0.4, 0.5) is 5.69 Å². The third-order valence-electron chi connectivity index (χ3n) is 3.97. The molecule has 0 saturated carbocycles. The van der Waals surface area contributed by atoms with E-state index in [2.05, 4.69) is 54.7 Å². The summed E-state index contributed by atoms with van der Waals surface area (Å²) in [5.41, 5.74) is 3.92. The summed E-state index contributed by atoms with van der Waals surface area (Å²) < 4.78 is 5.71. The van der Waals surface area contributed by atoms with Crippen molar-refractivity contribution in [3.8, 4) is 5.75 Å². The maximum Gasteiger partial charge on any atom is 0.122 e. The average molecular weight is 267 g/mol. The number of rotatable bonds is 4. The molecule has 0 aromatic heterocycles. The molecule has 0 spiro atoms. The smallest absolute Gasteiger partial charge is 0.122 e. The summed E-state index contributed by atoms with van der Waals surface area (Å²) in [4.78, 5) is 0. The van der Waals surface area contributed by atoms with Gasteiger partial charge in [-0.25, -0.2) is 0 Å². The van der Waals surface area contributed by atoms with E-state index in [1.54, 1.807) is 0 Å². The lowest BCUT2D eigenvalue weighted by molar-refractivity contribution is 0.270.